The van der Waals surface area contributed by atoms with Crippen LogP contribution in [0.3, 0.4) is 0 Å². The Kier molecular flexibility index (Phi) is 3.05. The number of hydrogen-bond acceptors (Lipinski definition) is 5. The topological polar surface area (TPSA) is 68.4 Å². The van der Waals surface area contributed by atoms with Crippen LogP contribution in [0.15, 0.2) is 28.7 Å². The molecule has 0 saturated heterocycles. The van der Waals surface area contributed by atoms with Crippen molar-refractivity contribution in [1.82, 2.24) is 10.2 Å². The zero-order chi connectivity index (χ0) is 11.4. The summed E-state index contributed by atoms with van der Waals surface area (Å²) >= 11 is 0. The lowest BCUT2D eigenvalue weighted by atomic mass is 10.3. The highest BCUT2D eigenvalue weighted by atomic mass is 16.5. The Hall–Kier alpha value is -2.04. The van der Waals surface area contributed by atoms with E-state index in [0.717, 1.165) is 0 Å². The van der Waals surface area contributed by atoms with Gasteiger partial charge >= 0.3 is 0 Å². The second-order valence-electron chi connectivity index (χ2n) is 3.23. The quantitative estimate of drug-likeness (QED) is 0.852. The summed E-state index contributed by atoms with van der Waals surface area (Å²) in [6.45, 7) is 2.14. The van der Waals surface area contributed by atoms with Gasteiger partial charge in [0, 0.05) is 12.5 Å². The Morgan fingerprint density at radius 1 is 1.31 bits per heavy atom. The highest BCUT2D eigenvalue weighted by molar-refractivity contribution is 5.31. The lowest BCUT2D eigenvalue weighted by Gasteiger charge is -2.02. The third kappa shape index (κ3) is 2.50. The van der Waals surface area contributed by atoms with Gasteiger partial charge in [0.1, 0.15) is 11.5 Å². The van der Waals surface area contributed by atoms with Gasteiger partial charge in [0.05, 0.1) is 0 Å². The molecule has 84 valence electrons. The molecule has 5 heteroatoms. The minimum absolute atomic E-state index is 0.164. The average molecular weight is 220 g/mol. The van der Waals surface area contributed by atoms with Crippen molar-refractivity contribution in [3.05, 3.63) is 36.0 Å². The monoisotopic (exact) mass is 220 g/mol. The highest BCUT2D eigenvalue weighted by Crippen LogP contribution is 2.18. The minimum Gasteiger partial charge on any atom is -0.508 e. The van der Waals surface area contributed by atoms with Gasteiger partial charge in [-0.1, -0.05) is 13.0 Å². The van der Waals surface area contributed by atoms with Crippen LogP contribution in [0.2, 0.25) is 0 Å². The number of ether oxygens (including phenoxy) is 1. The molecule has 2 aromatic rings. The van der Waals surface area contributed by atoms with Crippen molar-refractivity contribution in [2.24, 2.45) is 0 Å². The number of hydrogen-bond donors (Lipinski definition) is 1. The first kappa shape index (κ1) is 10.5. The second-order valence-corrected chi connectivity index (χ2v) is 3.23. The fraction of sp³-hybridized carbons (Fsp3) is 0.273. The lowest BCUT2D eigenvalue weighted by Crippen LogP contribution is -1.95. The van der Waals surface area contributed by atoms with E-state index in [1.54, 1.807) is 18.2 Å². The van der Waals surface area contributed by atoms with Crippen LogP contribution in [-0.2, 0) is 13.0 Å². The first-order valence-corrected chi connectivity index (χ1v) is 5.01. The third-order valence-corrected chi connectivity index (χ3v) is 1.99. The van der Waals surface area contributed by atoms with E-state index in [-0.39, 0.29) is 12.4 Å². The van der Waals surface area contributed by atoms with Crippen LogP contribution in [0, 0.1) is 0 Å². The Bertz CT molecular complexity index is 468. The molecule has 0 amide bonds. The fourth-order valence-corrected chi connectivity index (χ4v) is 1.21. The molecule has 2 rings (SSSR count). The number of aromatic nitrogens is 2. The molecule has 0 spiro atoms. The molecular weight excluding hydrogens is 208 g/mol. The van der Waals surface area contributed by atoms with E-state index >= 15 is 0 Å². The van der Waals surface area contributed by atoms with E-state index < -0.39 is 0 Å². The van der Waals surface area contributed by atoms with Crippen molar-refractivity contribution in [2.45, 2.75) is 20.0 Å². The number of aromatic hydroxyl groups is 1. The number of rotatable bonds is 4. The van der Waals surface area contributed by atoms with Crippen LogP contribution < -0.4 is 4.74 Å². The summed E-state index contributed by atoms with van der Waals surface area (Å²) in [4.78, 5) is 0. The van der Waals surface area contributed by atoms with E-state index in [0.29, 0.717) is 24.0 Å². The smallest absolute Gasteiger partial charge is 0.253 e. The van der Waals surface area contributed by atoms with Crippen molar-refractivity contribution in [1.29, 1.82) is 0 Å². The summed E-state index contributed by atoms with van der Waals surface area (Å²) in [5.41, 5.74) is 0. The maximum absolute atomic E-state index is 9.22. The van der Waals surface area contributed by atoms with Crippen molar-refractivity contribution >= 4 is 0 Å². The van der Waals surface area contributed by atoms with Gasteiger partial charge in [-0.15, -0.1) is 10.2 Å². The van der Waals surface area contributed by atoms with Crippen LogP contribution in [0.4, 0.5) is 0 Å². The van der Waals surface area contributed by atoms with E-state index in [9.17, 15) is 5.11 Å². The molecule has 0 aliphatic carbocycles. The molecule has 16 heavy (non-hydrogen) atoms. The Labute approximate surface area is 92.7 Å². The predicted molar refractivity (Wildman–Crippen MR) is 56.1 cm³/mol. The summed E-state index contributed by atoms with van der Waals surface area (Å²) in [5.74, 6) is 1.75. The minimum atomic E-state index is 0.164. The largest absolute Gasteiger partial charge is 0.508 e. The van der Waals surface area contributed by atoms with Gasteiger partial charge in [0.25, 0.3) is 5.89 Å². The summed E-state index contributed by atoms with van der Waals surface area (Å²) in [6, 6.07) is 6.55. The van der Waals surface area contributed by atoms with Gasteiger partial charge in [0.15, 0.2) is 6.61 Å². The summed E-state index contributed by atoms with van der Waals surface area (Å²) < 4.78 is 10.6. The molecule has 1 heterocycles. The number of benzene rings is 1. The maximum Gasteiger partial charge on any atom is 0.253 e. The highest BCUT2D eigenvalue weighted by Gasteiger charge is 2.04. The molecule has 5 nitrogen and oxygen atoms in total. The Balaban J connectivity index is 1.96. The average Bonchev–Trinajstić information content (AvgIpc) is 2.74. The van der Waals surface area contributed by atoms with Crippen LogP contribution >= 0.6 is 0 Å². The first-order chi connectivity index (χ1) is 7.78. The number of nitrogens with zero attached hydrogens (tertiary/aromatic N) is 2. The van der Waals surface area contributed by atoms with Crippen molar-refractivity contribution < 1.29 is 14.3 Å². The van der Waals surface area contributed by atoms with Gasteiger partial charge in [0.2, 0.25) is 5.89 Å². The molecule has 0 fully saturated rings. The standard InChI is InChI=1S/C11H12N2O3/c1-2-10-12-13-11(16-10)7-15-9-5-3-4-8(14)6-9/h3-6,14H,2,7H2,1H3. The molecule has 0 atom stereocenters. The molecule has 0 aliphatic heterocycles. The van der Waals surface area contributed by atoms with Gasteiger partial charge in [-0.3, -0.25) is 0 Å². The van der Waals surface area contributed by atoms with E-state index in [2.05, 4.69) is 10.2 Å². The molecule has 0 radical (unpaired) electrons. The molecule has 0 saturated carbocycles. The van der Waals surface area contributed by atoms with Gasteiger partial charge < -0.3 is 14.3 Å². The van der Waals surface area contributed by atoms with Crippen molar-refractivity contribution in [2.75, 3.05) is 0 Å². The molecule has 1 aromatic carbocycles. The summed E-state index contributed by atoms with van der Waals surface area (Å²) in [7, 11) is 0. The Morgan fingerprint density at radius 2 is 2.12 bits per heavy atom. The zero-order valence-corrected chi connectivity index (χ0v) is 8.88. The number of phenolic OH excluding ortho intramolecular Hbond substituents is 1. The van der Waals surface area contributed by atoms with Gasteiger partial charge in [-0.25, -0.2) is 0 Å². The molecule has 1 N–H and O–H groups in total. The summed E-state index contributed by atoms with van der Waals surface area (Å²) in [5, 5.41) is 16.9. The fourth-order valence-electron chi connectivity index (χ4n) is 1.21. The van der Waals surface area contributed by atoms with E-state index in [1.807, 2.05) is 6.92 Å². The predicted octanol–water partition coefficient (Wildman–Crippen LogP) is 1.92. The number of phenols is 1. The number of aryl methyl sites for hydroxylation is 1. The lowest BCUT2D eigenvalue weighted by molar-refractivity contribution is 0.258. The third-order valence-electron chi connectivity index (χ3n) is 1.99. The van der Waals surface area contributed by atoms with Gasteiger partial charge in [-0.05, 0) is 12.1 Å². The van der Waals surface area contributed by atoms with Crippen molar-refractivity contribution in [3.8, 4) is 11.5 Å². The van der Waals surface area contributed by atoms with Gasteiger partial charge in [-0.2, -0.15) is 0 Å². The van der Waals surface area contributed by atoms with Crippen LogP contribution in [-0.4, -0.2) is 15.3 Å². The molecule has 1 aromatic heterocycles. The summed E-state index contributed by atoms with van der Waals surface area (Å²) in [6.07, 6.45) is 0.707. The normalized spacial score (nSPS) is 10.3. The zero-order valence-electron chi connectivity index (χ0n) is 8.88. The van der Waals surface area contributed by atoms with Crippen LogP contribution in [0.5, 0.6) is 11.5 Å². The molecule has 0 aliphatic rings. The molecule has 0 unspecified atom stereocenters. The SMILES string of the molecule is CCc1nnc(COc2cccc(O)c2)o1. The first-order valence-electron chi connectivity index (χ1n) is 5.01. The van der Waals surface area contributed by atoms with E-state index in [1.165, 1.54) is 6.07 Å². The Morgan fingerprint density at radius 3 is 2.81 bits per heavy atom. The van der Waals surface area contributed by atoms with E-state index in [4.69, 9.17) is 9.15 Å². The molecule has 0 bridgehead atoms. The second kappa shape index (κ2) is 4.65. The van der Waals surface area contributed by atoms with Crippen LogP contribution in [0.1, 0.15) is 18.7 Å². The van der Waals surface area contributed by atoms with Crippen molar-refractivity contribution in [3.63, 3.8) is 0 Å². The van der Waals surface area contributed by atoms with Crippen LogP contribution in [0.25, 0.3) is 0 Å². The molecular formula is C11H12N2O3. The maximum atomic E-state index is 9.22.